The van der Waals surface area contributed by atoms with Gasteiger partial charge < -0.3 is 10.0 Å². The summed E-state index contributed by atoms with van der Waals surface area (Å²) >= 11 is 0. The van der Waals surface area contributed by atoms with Gasteiger partial charge in [0.15, 0.2) is 0 Å². The highest BCUT2D eigenvalue weighted by Crippen LogP contribution is 1.88. The van der Waals surface area contributed by atoms with E-state index in [0.29, 0.717) is 0 Å². The molecule has 0 saturated heterocycles. The first kappa shape index (κ1) is 9.50. The van der Waals surface area contributed by atoms with Gasteiger partial charge in [0, 0.05) is 7.05 Å². The summed E-state index contributed by atoms with van der Waals surface area (Å²) in [5.74, 6) is 0.742. The van der Waals surface area contributed by atoms with Gasteiger partial charge in [-0.05, 0) is 0 Å². The molecule has 0 radical (unpaired) electrons. The number of amides is 1. The van der Waals surface area contributed by atoms with E-state index in [1.807, 2.05) is 0 Å². The predicted octanol–water partition coefficient (Wildman–Crippen LogP) is -0.447. The second kappa shape index (κ2) is 4.34. The fraction of sp³-hybridized carbons (Fsp3) is 0.429. The SMILES string of the molecule is C#CCC(=O)N(C)CC(=O)O. The summed E-state index contributed by atoms with van der Waals surface area (Å²) in [4.78, 5) is 21.9. The van der Waals surface area contributed by atoms with Gasteiger partial charge in [-0.3, -0.25) is 9.59 Å². The minimum absolute atomic E-state index is 0.0518. The van der Waals surface area contributed by atoms with Crippen molar-refractivity contribution in [2.45, 2.75) is 6.42 Å². The van der Waals surface area contributed by atoms with Crippen LogP contribution in [0.2, 0.25) is 0 Å². The van der Waals surface area contributed by atoms with Crippen LogP contribution < -0.4 is 0 Å². The van der Waals surface area contributed by atoms with Crippen LogP contribution in [0.1, 0.15) is 6.42 Å². The maximum atomic E-state index is 10.8. The van der Waals surface area contributed by atoms with E-state index in [1.165, 1.54) is 7.05 Å². The minimum atomic E-state index is -1.04. The lowest BCUT2D eigenvalue weighted by Gasteiger charge is -2.11. The first-order valence-corrected chi connectivity index (χ1v) is 2.97. The van der Waals surface area contributed by atoms with Crippen molar-refractivity contribution < 1.29 is 14.7 Å². The zero-order valence-electron chi connectivity index (χ0n) is 6.20. The molecule has 0 fully saturated rings. The van der Waals surface area contributed by atoms with E-state index in [1.54, 1.807) is 0 Å². The van der Waals surface area contributed by atoms with Crippen molar-refractivity contribution >= 4 is 11.9 Å². The number of carbonyl (C=O) groups is 2. The fourth-order valence-electron chi connectivity index (χ4n) is 0.513. The molecule has 4 nitrogen and oxygen atoms in total. The second-order valence-corrected chi connectivity index (χ2v) is 2.02. The highest BCUT2D eigenvalue weighted by atomic mass is 16.4. The van der Waals surface area contributed by atoms with Crippen LogP contribution >= 0.6 is 0 Å². The molecule has 0 unspecified atom stereocenters. The van der Waals surface area contributed by atoms with Gasteiger partial charge in [-0.15, -0.1) is 6.42 Å². The quantitative estimate of drug-likeness (QED) is 0.562. The van der Waals surface area contributed by atoms with E-state index in [0.717, 1.165) is 4.90 Å². The molecular weight excluding hydrogens is 146 g/mol. The highest BCUT2D eigenvalue weighted by molar-refractivity contribution is 5.82. The van der Waals surface area contributed by atoms with Crippen molar-refractivity contribution in [1.29, 1.82) is 0 Å². The molecule has 0 bridgehead atoms. The van der Waals surface area contributed by atoms with Crippen LogP contribution in [-0.4, -0.2) is 35.5 Å². The average molecular weight is 155 g/mol. The number of nitrogens with zero attached hydrogens (tertiary/aromatic N) is 1. The number of carboxylic acid groups (broad SMARTS) is 1. The molecule has 0 aliphatic heterocycles. The molecule has 0 aliphatic carbocycles. The van der Waals surface area contributed by atoms with Gasteiger partial charge in [0.2, 0.25) is 5.91 Å². The molecule has 0 aromatic rings. The standard InChI is InChI=1S/C7H9NO3/c1-3-4-6(9)8(2)5-7(10)11/h1H,4-5H2,2H3,(H,10,11). The van der Waals surface area contributed by atoms with E-state index in [-0.39, 0.29) is 18.9 Å². The monoisotopic (exact) mass is 155 g/mol. The first-order valence-electron chi connectivity index (χ1n) is 2.97. The number of carboxylic acids is 1. The maximum Gasteiger partial charge on any atom is 0.323 e. The van der Waals surface area contributed by atoms with Crippen molar-refractivity contribution in [2.24, 2.45) is 0 Å². The molecule has 4 heteroatoms. The van der Waals surface area contributed by atoms with Crippen LogP contribution in [0.25, 0.3) is 0 Å². The summed E-state index contributed by atoms with van der Waals surface area (Å²) in [5, 5.41) is 8.26. The van der Waals surface area contributed by atoms with Crippen LogP contribution in [0.3, 0.4) is 0 Å². The van der Waals surface area contributed by atoms with E-state index in [4.69, 9.17) is 11.5 Å². The lowest BCUT2D eigenvalue weighted by atomic mass is 10.4. The van der Waals surface area contributed by atoms with Crippen LogP contribution in [0, 0.1) is 12.3 Å². The average Bonchev–Trinajstić information content (AvgIpc) is 1.86. The Balaban J connectivity index is 3.85. The molecule has 0 heterocycles. The molecule has 1 amide bonds. The minimum Gasteiger partial charge on any atom is -0.480 e. The van der Waals surface area contributed by atoms with Crippen LogP contribution in [0.15, 0.2) is 0 Å². The number of hydrogen-bond donors (Lipinski definition) is 1. The van der Waals surface area contributed by atoms with Gasteiger partial charge in [0.25, 0.3) is 0 Å². The molecule has 0 rings (SSSR count). The molecule has 0 aromatic heterocycles. The third kappa shape index (κ3) is 3.98. The Morgan fingerprint density at radius 3 is 2.55 bits per heavy atom. The lowest BCUT2D eigenvalue weighted by Crippen LogP contribution is -2.31. The molecule has 0 spiro atoms. The van der Waals surface area contributed by atoms with Gasteiger partial charge in [-0.2, -0.15) is 0 Å². The fourth-order valence-corrected chi connectivity index (χ4v) is 0.513. The Morgan fingerprint density at radius 1 is 1.64 bits per heavy atom. The Morgan fingerprint density at radius 2 is 2.18 bits per heavy atom. The zero-order chi connectivity index (χ0) is 8.85. The van der Waals surface area contributed by atoms with Gasteiger partial charge >= 0.3 is 5.97 Å². The summed E-state index contributed by atoms with van der Waals surface area (Å²) in [7, 11) is 1.40. The van der Waals surface area contributed by atoms with Crippen molar-refractivity contribution in [3.05, 3.63) is 0 Å². The molecule has 0 atom stereocenters. The Labute approximate surface area is 64.8 Å². The summed E-state index contributed by atoms with van der Waals surface area (Å²) in [6, 6.07) is 0. The predicted molar refractivity (Wildman–Crippen MR) is 38.7 cm³/mol. The summed E-state index contributed by atoms with van der Waals surface area (Å²) in [6.45, 7) is -0.305. The zero-order valence-corrected chi connectivity index (χ0v) is 6.20. The van der Waals surface area contributed by atoms with Crippen LogP contribution in [-0.2, 0) is 9.59 Å². The van der Waals surface area contributed by atoms with Crippen molar-refractivity contribution in [1.82, 2.24) is 4.90 Å². The molecule has 0 aromatic carbocycles. The van der Waals surface area contributed by atoms with Crippen molar-refractivity contribution in [2.75, 3.05) is 13.6 Å². The normalized spacial score (nSPS) is 8.36. The van der Waals surface area contributed by atoms with Gasteiger partial charge in [0.1, 0.15) is 6.54 Å². The molecular formula is C7H9NO3. The van der Waals surface area contributed by atoms with Crippen LogP contribution in [0.5, 0.6) is 0 Å². The molecule has 11 heavy (non-hydrogen) atoms. The molecule has 0 aliphatic rings. The summed E-state index contributed by atoms with van der Waals surface area (Å²) < 4.78 is 0. The number of hydrogen-bond acceptors (Lipinski definition) is 2. The van der Waals surface area contributed by atoms with E-state index < -0.39 is 5.97 Å². The number of rotatable bonds is 3. The summed E-state index contributed by atoms with van der Waals surface area (Å²) in [5.41, 5.74) is 0. The smallest absolute Gasteiger partial charge is 0.323 e. The Kier molecular flexibility index (Phi) is 3.75. The van der Waals surface area contributed by atoms with Gasteiger partial charge in [-0.25, -0.2) is 0 Å². The molecule has 0 saturated carbocycles. The third-order valence-electron chi connectivity index (χ3n) is 1.05. The first-order chi connectivity index (χ1) is 5.07. The lowest BCUT2D eigenvalue weighted by molar-refractivity contribution is -0.143. The second-order valence-electron chi connectivity index (χ2n) is 2.02. The van der Waals surface area contributed by atoms with Crippen molar-refractivity contribution in [3.8, 4) is 12.3 Å². The maximum absolute atomic E-state index is 10.8. The van der Waals surface area contributed by atoms with E-state index >= 15 is 0 Å². The number of likely N-dealkylation sites (N-methyl/N-ethyl adjacent to an activating group) is 1. The summed E-state index contributed by atoms with van der Waals surface area (Å²) in [6.07, 6.45) is 4.80. The van der Waals surface area contributed by atoms with E-state index in [2.05, 4.69) is 5.92 Å². The highest BCUT2D eigenvalue weighted by Gasteiger charge is 2.09. The largest absolute Gasteiger partial charge is 0.480 e. The molecule has 60 valence electrons. The van der Waals surface area contributed by atoms with Crippen LogP contribution in [0.4, 0.5) is 0 Å². The third-order valence-corrected chi connectivity index (χ3v) is 1.05. The van der Waals surface area contributed by atoms with Gasteiger partial charge in [0.05, 0.1) is 6.42 Å². The van der Waals surface area contributed by atoms with Crippen molar-refractivity contribution in [3.63, 3.8) is 0 Å². The number of aliphatic carboxylic acids is 1. The molecule has 1 N–H and O–H groups in total. The number of carbonyl (C=O) groups excluding carboxylic acids is 1. The Bertz CT molecular complexity index is 204. The van der Waals surface area contributed by atoms with Gasteiger partial charge in [-0.1, -0.05) is 5.92 Å². The Hall–Kier alpha value is -1.50. The number of terminal acetylenes is 1. The van der Waals surface area contributed by atoms with E-state index in [9.17, 15) is 9.59 Å². The topological polar surface area (TPSA) is 57.6 Å².